The number of anilines is 1. The number of hydrogen-bond donors (Lipinski definition) is 1. The van der Waals surface area contributed by atoms with Crippen molar-refractivity contribution in [3.63, 3.8) is 0 Å². The summed E-state index contributed by atoms with van der Waals surface area (Å²) in [6, 6.07) is 15.8. The number of rotatable bonds is 7. The molecule has 0 fully saturated rings. The van der Waals surface area contributed by atoms with Crippen LogP contribution in [0.15, 0.2) is 53.1 Å². The number of ether oxygens (including phenoxy) is 1. The Labute approximate surface area is 174 Å². The highest BCUT2D eigenvalue weighted by Gasteiger charge is 2.17. The van der Waals surface area contributed by atoms with Crippen molar-refractivity contribution in [1.29, 1.82) is 0 Å². The van der Waals surface area contributed by atoms with Gasteiger partial charge in [0.15, 0.2) is 0 Å². The predicted octanol–water partition coefficient (Wildman–Crippen LogP) is 5.10. The second-order valence-corrected chi connectivity index (χ2v) is 8.52. The highest BCUT2D eigenvalue weighted by molar-refractivity contribution is 7.99. The van der Waals surface area contributed by atoms with Crippen LogP contribution in [0.2, 0.25) is 0 Å². The number of carbonyl (C=O) groups is 1. The average Bonchev–Trinajstić information content (AvgIpc) is 3.41. The van der Waals surface area contributed by atoms with Gasteiger partial charge < -0.3 is 14.6 Å². The van der Waals surface area contributed by atoms with Gasteiger partial charge in [-0.05, 0) is 73.7 Å². The number of benzene rings is 2. The third-order valence-electron chi connectivity index (χ3n) is 5.16. The molecule has 1 aliphatic carbocycles. The van der Waals surface area contributed by atoms with Gasteiger partial charge in [-0.25, -0.2) is 0 Å². The summed E-state index contributed by atoms with van der Waals surface area (Å²) in [5, 5.41) is 6.97. The van der Waals surface area contributed by atoms with Gasteiger partial charge in [0, 0.05) is 17.3 Å². The molecule has 0 aliphatic heterocycles. The van der Waals surface area contributed by atoms with E-state index in [0.29, 0.717) is 5.75 Å². The zero-order valence-electron chi connectivity index (χ0n) is 16.6. The summed E-state index contributed by atoms with van der Waals surface area (Å²) in [4.78, 5) is 12.5. The smallest absolute Gasteiger partial charge is 0.237 e. The Morgan fingerprint density at radius 2 is 1.97 bits per heavy atom. The Morgan fingerprint density at radius 3 is 2.76 bits per heavy atom. The van der Waals surface area contributed by atoms with Gasteiger partial charge in [-0.2, -0.15) is 0 Å². The number of fused-ring (bicyclic) bond motifs is 1. The van der Waals surface area contributed by atoms with Crippen molar-refractivity contribution in [3.8, 4) is 17.0 Å². The highest BCUT2D eigenvalue weighted by Crippen LogP contribution is 2.27. The van der Waals surface area contributed by atoms with Crippen LogP contribution in [0.4, 0.5) is 5.69 Å². The predicted molar refractivity (Wildman–Crippen MR) is 116 cm³/mol. The molecule has 150 valence electrons. The minimum atomic E-state index is -0.196. The molecule has 0 saturated heterocycles. The van der Waals surface area contributed by atoms with E-state index in [0.717, 1.165) is 41.3 Å². The van der Waals surface area contributed by atoms with Crippen LogP contribution in [0.25, 0.3) is 11.3 Å². The fraction of sp³-hybridized carbons (Fsp3) is 0.304. The first kappa shape index (κ1) is 19.6. The van der Waals surface area contributed by atoms with Gasteiger partial charge in [0.1, 0.15) is 17.2 Å². The lowest BCUT2D eigenvalue weighted by atomic mass is 10.1. The molecule has 1 N–H and O–H groups in total. The van der Waals surface area contributed by atoms with Crippen molar-refractivity contribution in [2.75, 3.05) is 12.4 Å². The van der Waals surface area contributed by atoms with Crippen LogP contribution in [0.1, 0.15) is 30.2 Å². The molecule has 1 aromatic heterocycles. The SMILES string of the molecule is COc1ccc(-c2cc(CS[C@H](C)C(=O)Nc3ccc4c(c3)CCC4)on2)cc1. The number of carbonyl (C=O) groups excluding carboxylic acids is 1. The third kappa shape index (κ3) is 4.65. The Bertz CT molecular complexity index is 998. The normalized spacial score (nSPS) is 13.7. The summed E-state index contributed by atoms with van der Waals surface area (Å²) in [7, 11) is 1.64. The van der Waals surface area contributed by atoms with Crippen LogP contribution in [0.5, 0.6) is 5.75 Å². The highest BCUT2D eigenvalue weighted by atomic mass is 32.2. The summed E-state index contributed by atoms with van der Waals surface area (Å²) in [6.45, 7) is 1.91. The maximum absolute atomic E-state index is 12.5. The number of thioether (sulfide) groups is 1. The monoisotopic (exact) mass is 408 g/mol. The lowest BCUT2D eigenvalue weighted by Crippen LogP contribution is -2.22. The van der Waals surface area contributed by atoms with E-state index in [1.165, 1.54) is 29.3 Å². The molecule has 0 spiro atoms. The van der Waals surface area contributed by atoms with Gasteiger partial charge in [0.25, 0.3) is 0 Å². The Balaban J connectivity index is 1.31. The van der Waals surface area contributed by atoms with Crippen LogP contribution in [0, 0.1) is 0 Å². The van der Waals surface area contributed by atoms with Gasteiger partial charge >= 0.3 is 0 Å². The Kier molecular flexibility index (Phi) is 5.90. The number of aryl methyl sites for hydroxylation is 2. The summed E-state index contributed by atoms with van der Waals surface area (Å²) in [6.07, 6.45) is 3.45. The van der Waals surface area contributed by atoms with E-state index in [1.807, 2.05) is 43.3 Å². The van der Waals surface area contributed by atoms with Crippen molar-refractivity contribution in [2.24, 2.45) is 0 Å². The van der Waals surface area contributed by atoms with Gasteiger partial charge in [-0.3, -0.25) is 4.79 Å². The van der Waals surface area contributed by atoms with Crippen LogP contribution >= 0.6 is 11.8 Å². The minimum Gasteiger partial charge on any atom is -0.497 e. The first-order valence-corrected chi connectivity index (χ1v) is 10.8. The summed E-state index contributed by atoms with van der Waals surface area (Å²) >= 11 is 1.53. The number of methoxy groups -OCH3 is 1. The maximum atomic E-state index is 12.5. The second kappa shape index (κ2) is 8.74. The first-order chi connectivity index (χ1) is 14.1. The van der Waals surface area contributed by atoms with Crippen LogP contribution < -0.4 is 10.1 Å². The third-order valence-corrected chi connectivity index (χ3v) is 6.32. The Morgan fingerprint density at radius 1 is 1.17 bits per heavy atom. The van der Waals surface area contributed by atoms with Crippen molar-refractivity contribution in [3.05, 3.63) is 65.4 Å². The molecule has 3 aromatic rings. The van der Waals surface area contributed by atoms with Crippen molar-refractivity contribution in [1.82, 2.24) is 5.16 Å². The van der Waals surface area contributed by atoms with Gasteiger partial charge in [-0.15, -0.1) is 11.8 Å². The summed E-state index contributed by atoms with van der Waals surface area (Å²) in [5.41, 5.74) is 5.38. The van der Waals surface area contributed by atoms with Gasteiger partial charge in [0.05, 0.1) is 18.1 Å². The molecular weight excluding hydrogens is 384 g/mol. The number of hydrogen-bond acceptors (Lipinski definition) is 5. The van der Waals surface area contributed by atoms with Crippen LogP contribution in [0.3, 0.4) is 0 Å². The number of nitrogens with one attached hydrogen (secondary N) is 1. The molecule has 0 radical (unpaired) electrons. The van der Waals surface area contributed by atoms with E-state index in [-0.39, 0.29) is 11.2 Å². The molecule has 0 bridgehead atoms. The number of amides is 1. The quantitative estimate of drug-likeness (QED) is 0.589. The lowest BCUT2D eigenvalue weighted by molar-refractivity contribution is -0.115. The van der Waals surface area contributed by atoms with E-state index in [1.54, 1.807) is 7.11 Å². The first-order valence-electron chi connectivity index (χ1n) is 9.76. The molecule has 1 aliphatic rings. The molecule has 2 aromatic carbocycles. The molecule has 1 amide bonds. The molecule has 5 nitrogen and oxygen atoms in total. The van der Waals surface area contributed by atoms with E-state index in [4.69, 9.17) is 9.26 Å². The molecular formula is C23H24N2O3S. The van der Waals surface area contributed by atoms with E-state index in [2.05, 4.69) is 22.6 Å². The molecule has 0 unspecified atom stereocenters. The van der Waals surface area contributed by atoms with E-state index >= 15 is 0 Å². The zero-order chi connectivity index (χ0) is 20.2. The molecule has 0 saturated carbocycles. The Hall–Kier alpha value is -2.73. The van der Waals surface area contributed by atoms with Crippen molar-refractivity contribution < 1.29 is 14.1 Å². The van der Waals surface area contributed by atoms with E-state index < -0.39 is 0 Å². The molecule has 1 heterocycles. The van der Waals surface area contributed by atoms with Crippen molar-refractivity contribution in [2.45, 2.75) is 37.2 Å². The topological polar surface area (TPSA) is 64.4 Å². The lowest BCUT2D eigenvalue weighted by Gasteiger charge is -2.12. The fourth-order valence-electron chi connectivity index (χ4n) is 3.46. The van der Waals surface area contributed by atoms with Crippen molar-refractivity contribution >= 4 is 23.4 Å². The molecule has 1 atom stereocenters. The molecule has 4 rings (SSSR count). The fourth-order valence-corrected chi connectivity index (χ4v) is 4.22. The largest absolute Gasteiger partial charge is 0.497 e. The zero-order valence-corrected chi connectivity index (χ0v) is 17.4. The van der Waals surface area contributed by atoms with Gasteiger partial charge in [0.2, 0.25) is 5.91 Å². The van der Waals surface area contributed by atoms with Crippen LogP contribution in [-0.4, -0.2) is 23.4 Å². The summed E-state index contributed by atoms with van der Waals surface area (Å²) in [5.74, 6) is 2.14. The minimum absolute atomic E-state index is 0.00263. The van der Waals surface area contributed by atoms with Crippen LogP contribution in [-0.2, 0) is 23.4 Å². The van der Waals surface area contributed by atoms with Gasteiger partial charge in [-0.1, -0.05) is 11.2 Å². The maximum Gasteiger partial charge on any atom is 0.237 e. The number of aromatic nitrogens is 1. The molecule has 6 heteroatoms. The molecule has 29 heavy (non-hydrogen) atoms. The van der Waals surface area contributed by atoms with E-state index in [9.17, 15) is 4.79 Å². The standard InChI is InChI=1S/C23H24N2O3S/c1-15(23(26)24-19-9-6-16-4-3-5-18(16)12-19)29-14-21-13-22(25-28-21)17-7-10-20(27-2)11-8-17/h6-13,15H,3-5,14H2,1-2H3,(H,24,26)/t15-/m1/s1. The summed E-state index contributed by atoms with van der Waals surface area (Å²) < 4.78 is 10.6. The number of nitrogens with zero attached hydrogens (tertiary/aromatic N) is 1. The second-order valence-electron chi connectivity index (χ2n) is 7.19. The average molecular weight is 409 g/mol.